The van der Waals surface area contributed by atoms with E-state index < -0.39 is 0 Å². The molecule has 0 aliphatic heterocycles. The monoisotopic (exact) mass is 343 g/mol. The van der Waals surface area contributed by atoms with Crippen molar-refractivity contribution in [2.75, 3.05) is 33.2 Å². The molecule has 0 radical (unpaired) electrons. The molecule has 1 aromatic heterocycles. The average Bonchev–Trinajstić information content (AvgIpc) is 2.65. The van der Waals surface area contributed by atoms with Crippen molar-refractivity contribution < 1.29 is 19.0 Å². The van der Waals surface area contributed by atoms with E-state index in [4.69, 9.17) is 14.2 Å². The van der Waals surface area contributed by atoms with Gasteiger partial charge in [-0.05, 0) is 6.07 Å². The summed E-state index contributed by atoms with van der Waals surface area (Å²) in [6, 6.07) is 5.24. The number of hydrogen-bond donors (Lipinski definition) is 2. The summed E-state index contributed by atoms with van der Waals surface area (Å²) >= 11 is 0. The van der Waals surface area contributed by atoms with E-state index in [1.54, 1.807) is 51.8 Å². The van der Waals surface area contributed by atoms with Gasteiger partial charge in [-0.3, -0.25) is 9.78 Å². The molecule has 1 heterocycles. The van der Waals surface area contributed by atoms with Crippen molar-refractivity contribution in [1.82, 2.24) is 10.3 Å². The van der Waals surface area contributed by atoms with Crippen molar-refractivity contribution in [2.45, 2.75) is 0 Å². The van der Waals surface area contributed by atoms with Crippen LogP contribution in [0.3, 0.4) is 0 Å². The first-order valence-electron chi connectivity index (χ1n) is 7.54. The van der Waals surface area contributed by atoms with E-state index in [1.807, 2.05) is 0 Å². The Bertz CT molecular complexity index is 737. The number of carbonyl (C=O) groups is 1. The normalized spacial score (nSPS) is 9.88. The maximum absolute atomic E-state index is 12.0. The van der Waals surface area contributed by atoms with Gasteiger partial charge >= 0.3 is 0 Å². The van der Waals surface area contributed by atoms with Gasteiger partial charge in [0, 0.05) is 30.6 Å². The summed E-state index contributed by atoms with van der Waals surface area (Å²) in [5, 5.41) is 5.89. The maximum Gasteiger partial charge on any atom is 0.253 e. The third-order valence-electron chi connectivity index (χ3n) is 3.36. The Labute approximate surface area is 146 Å². The van der Waals surface area contributed by atoms with Crippen molar-refractivity contribution in [3.05, 3.63) is 48.8 Å². The van der Waals surface area contributed by atoms with E-state index in [0.29, 0.717) is 40.7 Å². The molecular weight excluding hydrogens is 322 g/mol. The summed E-state index contributed by atoms with van der Waals surface area (Å²) < 4.78 is 16.0. The van der Waals surface area contributed by atoms with Crippen LogP contribution < -0.4 is 24.8 Å². The fourth-order valence-electron chi connectivity index (χ4n) is 2.22. The van der Waals surface area contributed by atoms with Gasteiger partial charge < -0.3 is 24.8 Å². The summed E-state index contributed by atoms with van der Waals surface area (Å²) in [7, 11) is 4.64. The van der Waals surface area contributed by atoms with Crippen LogP contribution in [0, 0.1) is 0 Å². The first-order chi connectivity index (χ1) is 12.1. The fourth-order valence-corrected chi connectivity index (χ4v) is 2.22. The minimum atomic E-state index is -0.221. The van der Waals surface area contributed by atoms with Crippen LogP contribution in [-0.2, 0) is 0 Å². The largest absolute Gasteiger partial charge is 0.493 e. The number of methoxy groups -OCH3 is 3. The van der Waals surface area contributed by atoms with Gasteiger partial charge in [0.1, 0.15) is 0 Å². The number of anilines is 2. The Balaban J connectivity index is 2.27. The summed E-state index contributed by atoms with van der Waals surface area (Å²) in [6.07, 6.45) is 4.73. The average molecular weight is 343 g/mol. The number of nitrogens with one attached hydrogen (secondary N) is 2. The molecule has 132 valence electrons. The highest BCUT2D eigenvalue weighted by atomic mass is 16.5. The van der Waals surface area contributed by atoms with Gasteiger partial charge in [0.2, 0.25) is 5.75 Å². The van der Waals surface area contributed by atoms with Crippen LogP contribution in [0.4, 0.5) is 11.4 Å². The highest BCUT2D eigenvalue weighted by molar-refractivity contribution is 5.95. The van der Waals surface area contributed by atoms with Crippen LogP contribution in [0.1, 0.15) is 10.4 Å². The lowest BCUT2D eigenvalue weighted by atomic mass is 10.2. The number of ether oxygens (including phenoxy) is 3. The van der Waals surface area contributed by atoms with Gasteiger partial charge in [-0.25, -0.2) is 0 Å². The third-order valence-corrected chi connectivity index (χ3v) is 3.36. The van der Waals surface area contributed by atoms with Gasteiger partial charge in [0.15, 0.2) is 11.5 Å². The molecule has 0 aliphatic rings. The van der Waals surface area contributed by atoms with E-state index in [9.17, 15) is 4.79 Å². The van der Waals surface area contributed by atoms with Crippen LogP contribution >= 0.6 is 0 Å². The number of aromatic nitrogens is 1. The predicted molar refractivity (Wildman–Crippen MR) is 96.1 cm³/mol. The van der Waals surface area contributed by atoms with Crippen molar-refractivity contribution in [3.8, 4) is 17.2 Å². The molecule has 0 bridgehead atoms. The minimum absolute atomic E-state index is 0.221. The highest BCUT2D eigenvalue weighted by Crippen LogP contribution is 2.40. The molecule has 2 rings (SSSR count). The Morgan fingerprint density at radius 1 is 1.08 bits per heavy atom. The van der Waals surface area contributed by atoms with Crippen molar-refractivity contribution >= 4 is 17.3 Å². The maximum atomic E-state index is 12.0. The zero-order chi connectivity index (χ0) is 18.2. The molecule has 0 fully saturated rings. The smallest absolute Gasteiger partial charge is 0.253 e. The number of nitrogens with zero attached hydrogens (tertiary/aromatic N) is 1. The number of hydrogen-bond acceptors (Lipinski definition) is 6. The Hall–Kier alpha value is -3.22. The predicted octanol–water partition coefficient (Wildman–Crippen LogP) is 2.77. The van der Waals surface area contributed by atoms with E-state index in [2.05, 4.69) is 22.2 Å². The molecule has 0 unspecified atom stereocenters. The summed E-state index contributed by atoms with van der Waals surface area (Å²) in [6.45, 7) is 3.96. The molecule has 7 heteroatoms. The summed E-state index contributed by atoms with van der Waals surface area (Å²) in [5.41, 5.74) is 1.81. The second-order valence-corrected chi connectivity index (χ2v) is 5.00. The van der Waals surface area contributed by atoms with Crippen molar-refractivity contribution in [1.29, 1.82) is 0 Å². The first-order valence-corrected chi connectivity index (χ1v) is 7.54. The van der Waals surface area contributed by atoms with Gasteiger partial charge in [-0.1, -0.05) is 6.08 Å². The van der Waals surface area contributed by atoms with Crippen LogP contribution in [0.25, 0.3) is 0 Å². The van der Waals surface area contributed by atoms with Crippen LogP contribution in [0.5, 0.6) is 17.2 Å². The lowest BCUT2D eigenvalue weighted by Gasteiger charge is -2.15. The van der Waals surface area contributed by atoms with E-state index >= 15 is 0 Å². The lowest BCUT2D eigenvalue weighted by molar-refractivity contribution is 0.0957. The molecule has 0 aliphatic carbocycles. The second-order valence-electron chi connectivity index (χ2n) is 5.00. The zero-order valence-corrected chi connectivity index (χ0v) is 14.5. The second kappa shape index (κ2) is 8.58. The van der Waals surface area contributed by atoms with Gasteiger partial charge in [-0.2, -0.15) is 0 Å². The molecule has 25 heavy (non-hydrogen) atoms. The van der Waals surface area contributed by atoms with Gasteiger partial charge in [0.25, 0.3) is 5.91 Å². The molecule has 0 saturated carbocycles. The lowest BCUT2D eigenvalue weighted by Crippen LogP contribution is -2.23. The molecule has 0 saturated heterocycles. The fraction of sp³-hybridized carbons (Fsp3) is 0.222. The topological polar surface area (TPSA) is 81.7 Å². The van der Waals surface area contributed by atoms with Crippen LogP contribution in [-0.4, -0.2) is 38.8 Å². The number of amides is 1. The Morgan fingerprint density at radius 3 is 2.32 bits per heavy atom. The van der Waals surface area contributed by atoms with E-state index in [0.717, 1.165) is 0 Å². The SMILES string of the molecule is C=CCNC(=O)c1cncc(Nc2cc(OC)c(OC)c(OC)c2)c1. The molecule has 7 nitrogen and oxygen atoms in total. The molecule has 1 aromatic carbocycles. The molecule has 0 spiro atoms. The number of benzene rings is 1. The van der Waals surface area contributed by atoms with Crippen molar-refractivity contribution in [2.24, 2.45) is 0 Å². The standard InChI is InChI=1S/C18H21N3O4/c1-5-6-20-18(22)12-7-14(11-19-10-12)21-13-8-15(23-2)17(25-4)16(9-13)24-3/h5,7-11,21H,1,6H2,2-4H3,(H,20,22). The molecule has 2 aromatic rings. The van der Waals surface area contributed by atoms with E-state index in [-0.39, 0.29) is 5.91 Å². The number of pyridine rings is 1. The van der Waals surface area contributed by atoms with E-state index in [1.165, 1.54) is 6.20 Å². The summed E-state index contributed by atoms with van der Waals surface area (Å²) in [4.78, 5) is 16.1. The molecule has 2 N–H and O–H groups in total. The number of carbonyl (C=O) groups excluding carboxylic acids is 1. The molecular formula is C18H21N3O4. The summed E-state index contributed by atoms with van der Waals surface area (Å²) in [5.74, 6) is 1.33. The molecule has 1 amide bonds. The van der Waals surface area contributed by atoms with Crippen molar-refractivity contribution in [3.63, 3.8) is 0 Å². The third kappa shape index (κ3) is 4.41. The zero-order valence-electron chi connectivity index (χ0n) is 14.5. The highest BCUT2D eigenvalue weighted by Gasteiger charge is 2.14. The van der Waals surface area contributed by atoms with Crippen LogP contribution in [0.2, 0.25) is 0 Å². The first kappa shape index (κ1) is 18.1. The van der Waals surface area contributed by atoms with Crippen LogP contribution in [0.15, 0.2) is 43.2 Å². The number of rotatable bonds is 8. The Kier molecular flexibility index (Phi) is 6.22. The van der Waals surface area contributed by atoms with Gasteiger partial charge in [0.05, 0.1) is 38.8 Å². The minimum Gasteiger partial charge on any atom is -0.493 e. The molecule has 0 atom stereocenters. The quantitative estimate of drug-likeness (QED) is 0.717. The van der Waals surface area contributed by atoms with Gasteiger partial charge in [-0.15, -0.1) is 6.58 Å². The Morgan fingerprint density at radius 2 is 1.76 bits per heavy atom.